The topological polar surface area (TPSA) is 52.5 Å². The van der Waals surface area contributed by atoms with E-state index < -0.39 is 5.54 Å². The zero-order chi connectivity index (χ0) is 14.5. The van der Waals surface area contributed by atoms with E-state index in [4.69, 9.17) is 0 Å². The van der Waals surface area contributed by atoms with Gasteiger partial charge >= 0.3 is 0 Å². The van der Waals surface area contributed by atoms with Crippen molar-refractivity contribution in [2.24, 2.45) is 11.3 Å². The van der Waals surface area contributed by atoms with Crippen molar-refractivity contribution in [2.45, 2.75) is 77.8 Å². The van der Waals surface area contributed by atoms with Crippen molar-refractivity contribution in [3.8, 4) is 0 Å². The molecule has 0 amide bonds. The third kappa shape index (κ3) is 4.73. The van der Waals surface area contributed by atoms with Crippen LogP contribution in [0.5, 0.6) is 0 Å². The molecule has 19 heavy (non-hydrogen) atoms. The van der Waals surface area contributed by atoms with Crippen LogP contribution in [0.4, 0.5) is 0 Å². The molecule has 3 N–H and O–H groups in total. The van der Waals surface area contributed by atoms with Crippen molar-refractivity contribution < 1.29 is 10.2 Å². The normalized spacial score (nSPS) is 26.2. The Morgan fingerprint density at radius 3 is 2.11 bits per heavy atom. The fraction of sp³-hybridized carbons (Fsp3) is 1.00. The van der Waals surface area contributed by atoms with Crippen molar-refractivity contribution in [3.63, 3.8) is 0 Å². The van der Waals surface area contributed by atoms with Crippen LogP contribution in [0, 0.1) is 11.3 Å². The first kappa shape index (κ1) is 16.9. The minimum absolute atomic E-state index is 0.0131. The maximum Gasteiger partial charge on any atom is 0.0647 e. The molecule has 0 heterocycles. The molecule has 0 spiro atoms. The molecule has 0 radical (unpaired) electrons. The molecule has 1 saturated carbocycles. The second kappa shape index (κ2) is 7.05. The van der Waals surface area contributed by atoms with Crippen LogP contribution in [-0.2, 0) is 0 Å². The van der Waals surface area contributed by atoms with Gasteiger partial charge in [0.1, 0.15) is 0 Å². The average molecular weight is 271 g/mol. The van der Waals surface area contributed by atoms with Gasteiger partial charge in [0, 0.05) is 6.04 Å². The van der Waals surface area contributed by atoms with Crippen LogP contribution in [0.2, 0.25) is 0 Å². The lowest BCUT2D eigenvalue weighted by molar-refractivity contribution is 0.0750. The van der Waals surface area contributed by atoms with Gasteiger partial charge in [0.2, 0.25) is 0 Å². The highest BCUT2D eigenvalue weighted by Crippen LogP contribution is 2.37. The van der Waals surface area contributed by atoms with E-state index in [1.54, 1.807) is 0 Å². The molecule has 1 aliphatic carbocycles. The highest BCUT2D eigenvalue weighted by molar-refractivity contribution is 4.90. The van der Waals surface area contributed by atoms with Crippen molar-refractivity contribution in [1.82, 2.24) is 5.32 Å². The second-order valence-corrected chi connectivity index (χ2v) is 7.36. The molecule has 0 aromatic heterocycles. The monoisotopic (exact) mass is 271 g/mol. The van der Waals surface area contributed by atoms with Crippen molar-refractivity contribution in [1.29, 1.82) is 0 Å². The molecule has 2 atom stereocenters. The second-order valence-electron chi connectivity index (χ2n) is 7.36. The third-order valence-electron chi connectivity index (χ3n) is 4.99. The molecule has 114 valence electrons. The highest BCUT2D eigenvalue weighted by Gasteiger charge is 2.32. The largest absolute Gasteiger partial charge is 0.394 e. The number of hydrogen-bond donors (Lipinski definition) is 3. The molecule has 3 nitrogen and oxygen atoms in total. The Morgan fingerprint density at radius 1 is 1.00 bits per heavy atom. The Kier molecular flexibility index (Phi) is 6.28. The molecule has 0 aliphatic heterocycles. The van der Waals surface area contributed by atoms with E-state index in [1.165, 1.54) is 19.3 Å². The van der Waals surface area contributed by atoms with Gasteiger partial charge in [-0.25, -0.2) is 0 Å². The molecule has 0 saturated heterocycles. The standard InChI is InChI=1S/C16H33NO2/c1-5-16(11-18,12-19)17-14-8-6-7-13(9-10-14)15(2,3)4/h13-14,17-19H,5-12H2,1-4H3. The zero-order valence-corrected chi connectivity index (χ0v) is 13.2. The highest BCUT2D eigenvalue weighted by atomic mass is 16.3. The van der Waals surface area contributed by atoms with E-state index in [0.717, 1.165) is 25.2 Å². The van der Waals surface area contributed by atoms with Gasteiger partial charge in [0.05, 0.1) is 18.8 Å². The first-order chi connectivity index (χ1) is 8.87. The SMILES string of the molecule is CCC(CO)(CO)NC1CCCC(C(C)(C)C)CC1. The Bertz CT molecular complexity index is 248. The first-order valence-electron chi connectivity index (χ1n) is 7.86. The summed E-state index contributed by atoms with van der Waals surface area (Å²) in [6, 6.07) is 0.437. The van der Waals surface area contributed by atoms with Crippen LogP contribution in [0.3, 0.4) is 0 Å². The smallest absolute Gasteiger partial charge is 0.0647 e. The van der Waals surface area contributed by atoms with Crippen molar-refractivity contribution in [3.05, 3.63) is 0 Å². The summed E-state index contributed by atoms with van der Waals surface area (Å²) in [4.78, 5) is 0. The molecule has 1 fully saturated rings. The first-order valence-corrected chi connectivity index (χ1v) is 7.86. The van der Waals surface area contributed by atoms with E-state index in [-0.39, 0.29) is 13.2 Å². The molecule has 0 bridgehead atoms. The summed E-state index contributed by atoms with van der Waals surface area (Å²) >= 11 is 0. The van der Waals surface area contributed by atoms with Crippen LogP contribution in [0.15, 0.2) is 0 Å². The van der Waals surface area contributed by atoms with Crippen molar-refractivity contribution >= 4 is 0 Å². The lowest BCUT2D eigenvalue weighted by Crippen LogP contribution is -2.55. The van der Waals surface area contributed by atoms with Crippen LogP contribution < -0.4 is 5.32 Å². The number of hydrogen-bond acceptors (Lipinski definition) is 3. The quantitative estimate of drug-likeness (QED) is 0.674. The summed E-state index contributed by atoms with van der Waals surface area (Å²) in [6.07, 6.45) is 6.88. The van der Waals surface area contributed by atoms with Crippen LogP contribution in [0.1, 0.15) is 66.2 Å². The molecule has 1 aliphatic rings. The molecule has 2 unspecified atom stereocenters. The van der Waals surface area contributed by atoms with Crippen molar-refractivity contribution in [2.75, 3.05) is 13.2 Å². The summed E-state index contributed by atoms with van der Waals surface area (Å²) in [5, 5.41) is 22.6. The summed E-state index contributed by atoms with van der Waals surface area (Å²) < 4.78 is 0. The predicted molar refractivity (Wildman–Crippen MR) is 80.1 cm³/mol. The average Bonchev–Trinajstić information content (AvgIpc) is 2.61. The van der Waals surface area contributed by atoms with E-state index in [1.807, 2.05) is 6.92 Å². The lowest BCUT2D eigenvalue weighted by atomic mass is 9.76. The van der Waals surface area contributed by atoms with Crippen LogP contribution in [0.25, 0.3) is 0 Å². The fourth-order valence-electron chi connectivity index (χ4n) is 3.21. The minimum atomic E-state index is -0.494. The Hall–Kier alpha value is -0.120. The molecule has 0 aromatic carbocycles. The van der Waals surface area contributed by atoms with Gasteiger partial charge < -0.3 is 15.5 Å². The van der Waals surface area contributed by atoms with Gasteiger partial charge in [0.15, 0.2) is 0 Å². The third-order valence-corrected chi connectivity index (χ3v) is 4.99. The maximum atomic E-state index is 9.54. The molecule has 3 heteroatoms. The number of aliphatic hydroxyl groups excluding tert-OH is 2. The minimum Gasteiger partial charge on any atom is -0.394 e. The van der Waals surface area contributed by atoms with Gasteiger partial charge in [-0.15, -0.1) is 0 Å². The van der Waals surface area contributed by atoms with Gasteiger partial charge in [0.25, 0.3) is 0 Å². The fourth-order valence-corrected chi connectivity index (χ4v) is 3.21. The van der Waals surface area contributed by atoms with Gasteiger partial charge in [-0.05, 0) is 43.4 Å². The number of aliphatic hydroxyl groups is 2. The van der Waals surface area contributed by atoms with E-state index in [0.29, 0.717) is 11.5 Å². The maximum absolute atomic E-state index is 9.54. The molecular formula is C16H33NO2. The summed E-state index contributed by atoms with van der Waals surface area (Å²) in [6.45, 7) is 9.06. The molecule has 1 rings (SSSR count). The Balaban J connectivity index is 2.58. The predicted octanol–water partition coefficient (Wildman–Crippen LogP) is 2.70. The van der Waals surface area contributed by atoms with Gasteiger partial charge in [-0.2, -0.15) is 0 Å². The molecule has 0 aromatic rings. The van der Waals surface area contributed by atoms with Gasteiger partial charge in [-0.3, -0.25) is 0 Å². The Labute approximate surface area is 118 Å². The number of nitrogens with one attached hydrogen (secondary N) is 1. The van der Waals surface area contributed by atoms with E-state index in [2.05, 4.69) is 26.1 Å². The Morgan fingerprint density at radius 2 is 1.63 bits per heavy atom. The van der Waals surface area contributed by atoms with Crippen LogP contribution in [-0.4, -0.2) is 35.0 Å². The number of rotatable bonds is 5. The lowest BCUT2D eigenvalue weighted by Gasteiger charge is -2.35. The summed E-state index contributed by atoms with van der Waals surface area (Å²) in [5.74, 6) is 0.790. The van der Waals surface area contributed by atoms with Gasteiger partial charge in [-0.1, -0.05) is 34.1 Å². The van der Waals surface area contributed by atoms with E-state index in [9.17, 15) is 10.2 Å². The summed E-state index contributed by atoms with van der Waals surface area (Å²) in [5.41, 5.74) is -0.100. The molecular weight excluding hydrogens is 238 g/mol. The van der Waals surface area contributed by atoms with E-state index >= 15 is 0 Å². The zero-order valence-electron chi connectivity index (χ0n) is 13.2. The summed E-state index contributed by atoms with van der Waals surface area (Å²) in [7, 11) is 0. The van der Waals surface area contributed by atoms with Crippen LogP contribution >= 0.6 is 0 Å².